The number of carbonyl (C=O) groups is 1. The van der Waals surface area contributed by atoms with Crippen LogP contribution in [-0.4, -0.2) is 37.8 Å². The lowest BCUT2D eigenvalue weighted by atomic mass is 9.92. The van der Waals surface area contributed by atoms with Gasteiger partial charge in [-0.2, -0.15) is 0 Å². The molecule has 2 atom stereocenters. The second kappa shape index (κ2) is 5.93. The molecule has 1 aromatic carbocycles. The quantitative estimate of drug-likeness (QED) is 0.876. The van der Waals surface area contributed by atoms with E-state index in [-0.39, 0.29) is 16.8 Å². The number of sulfone groups is 1. The van der Waals surface area contributed by atoms with Crippen LogP contribution in [0.4, 0.5) is 0 Å². The molecule has 1 saturated carbocycles. The molecule has 110 valence electrons. The summed E-state index contributed by atoms with van der Waals surface area (Å²) in [6.07, 6.45) is 4.08. The van der Waals surface area contributed by atoms with E-state index >= 15 is 0 Å². The summed E-state index contributed by atoms with van der Waals surface area (Å²) < 4.78 is 22.7. The highest BCUT2D eigenvalue weighted by molar-refractivity contribution is 7.90. The van der Waals surface area contributed by atoms with E-state index in [1.54, 1.807) is 0 Å². The molecule has 1 aliphatic rings. The van der Waals surface area contributed by atoms with Crippen molar-refractivity contribution in [3.8, 4) is 0 Å². The van der Waals surface area contributed by atoms with E-state index in [2.05, 4.69) is 5.32 Å². The Morgan fingerprint density at radius 3 is 2.35 bits per heavy atom. The van der Waals surface area contributed by atoms with Gasteiger partial charge < -0.3 is 10.4 Å². The van der Waals surface area contributed by atoms with Crippen LogP contribution in [-0.2, 0) is 9.84 Å². The van der Waals surface area contributed by atoms with E-state index in [1.165, 1.54) is 24.3 Å². The maximum Gasteiger partial charge on any atom is 0.251 e. The molecule has 0 aromatic heterocycles. The van der Waals surface area contributed by atoms with Crippen LogP contribution in [0.2, 0.25) is 0 Å². The normalized spacial score (nSPS) is 23.3. The van der Waals surface area contributed by atoms with Crippen LogP contribution in [0.1, 0.15) is 36.0 Å². The summed E-state index contributed by atoms with van der Waals surface area (Å²) >= 11 is 0. The number of aliphatic hydroxyl groups excluding tert-OH is 1. The highest BCUT2D eigenvalue weighted by Gasteiger charge is 2.24. The number of amides is 1. The molecule has 1 fully saturated rings. The largest absolute Gasteiger partial charge is 0.391 e. The van der Waals surface area contributed by atoms with Gasteiger partial charge in [0.2, 0.25) is 0 Å². The fraction of sp³-hybridized carbons (Fsp3) is 0.500. The van der Waals surface area contributed by atoms with Crippen LogP contribution >= 0.6 is 0 Å². The maximum absolute atomic E-state index is 12.0. The van der Waals surface area contributed by atoms with Crippen molar-refractivity contribution in [1.82, 2.24) is 5.32 Å². The molecule has 6 heteroatoms. The molecule has 0 unspecified atom stereocenters. The summed E-state index contributed by atoms with van der Waals surface area (Å²) in [6, 6.07) is 5.59. The Bertz CT molecular complexity index is 580. The molecule has 0 aliphatic heterocycles. The van der Waals surface area contributed by atoms with Crippen molar-refractivity contribution >= 4 is 15.7 Å². The first kappa shape index (κ1) is 15.0. The van der Waals surface area contributed by atoms with Gasteiger partial charge in [0.1, 0.15) is 0 Å². The predicted octanol–water partition coefficient (Wildman–Crippen LogP) is 1.12. The van der Waals surface area contributed by atoms with Crippen molar-refractivity contribution in [2.75, 3.05) is 6.26 Å². The minimum absolute atomic E-state index is 0.187. The van der Waals surface area contributed by atoms with Crippen LogP contribution in [0, 0.1) is 0 Å². The average Bonchev–Trinajstić information content (AvgIpc) is 2.40. The van der Waals surface area contributed by atoms with Gasteiger partial charge in [-0.1, -0.05) is 12.8 Å². The van der Waals surface area contributed by atoms with E-state index in [0.29, 0.717) is 12.0 Å². The van der Waals surface area contributed by atoms with Crippen LogP contribution in [0.3, 0.4) is 0 Å². The Hall–Kier alpha value is -1.40. The first-order valence-electron chi connectivity index (χ1n) is 6.67. The Balaban J connectivity index is 2.06. The minimum atomic E-state index is -3.25. The predicted molar refractivity (Wildman–Crippen MR) is 75.3 cm³/mol. The monoisotopic (exact) mass is 297 g/mol. The number of hydrogen-bond acceptors (Lipinski definition) is 4. The lowest BCUT2D eigenvalue weighted by Gasteiger charge is -2.28. The number of carbonyl (C=O) groups excluding carboxylic acids is 1. The highest BCUT2D eigenvalue weighted by Crippen LogP contribution is 2.19. The molecule has 2 N–H and O–H groups in total. The third kappa shape index (κ3) is 3.58. The summed E-state index contributed by atoms with van der Waals surface area (Å²) in [5, 5.41) is 12.6. The standard InChI is InChI=1S/C14H19NO4S/c1-20(18,19)11-8-6-10(7-9-11)14(17)15-12-4-2-3-5-13(12)16/h6-9,12-13,16H,2-5H2,1H3,(H,15,17)/t12-,13-/m0/s1. The van der Waals surface area contributed by atoms with Crippen LogP contribution < -0.4 is 5.32 Å². The average molecular weight is 297 g/mol. The van der Waals surface area contributed by atoms with E-state index in [1.807, 2.05) is 0 Å². The lowest BCUT2D eigenvalue weighted by molar-refractivity contribution is 0.0717. The van der Waals surface area contributed by atoms with Crippen molar-refractivity contribution in [1.29, 1.82) is 0 Å². The SMILES string of the molecule is CS(=O)(=O)c1ccc(C(=O)N[C@H]2CCCC[C@@H]2O)cc1. The summed E-state index contributed by atoms with van der Waals surface area (Å²) in [7, 11) is -3.25. The third-order valence-electron chi connectivity index (χ3n) is 3.59. The Morgan fingerprint density at radius 1 is 1.20 bits per heavy atom. The highest BCUT2D eigenvalue weighted by atomic mass is 32.2. The van der Waals surface area contributed by atoms with Gasteiger partial charge in [-0.15, -0.1) is 0 Å². The number of nitrogens with one attached hydrogen (secondary N) is 1. The van der Waals surface area contributed by atoms with Crippen molar-refractivity contribution in [2.45, 2.75) is 42.7 Å². The van der Waals surface area contributed by atoms with Gasteiger partial charge in [-0.3, -0.25) is 4.79 Å². The van der Waals surface area contributed by atoms with Gasteiger partial charge in [0.15, 0.2) is 9.84 Å². The molecule has 0 bridgehead atoms. The van der Waals surface area contributed by atoms with Gasteiger partial charge in [0.25, 0.3) is 5.91 Å². The second-order valence-electron chi connectivity index (χ2n) is 5.23. The Morgan fingerprint density at radius 2 is 1.80 bits per heavy atom. The Labute approximate surface area is 118 Å². The zero-order valence-corrected chi connectivity index (χ0v) is 12.2. The number of rotatable bonds is 3. The van der Waals surface area contributed by atoms with Crippen LogP contribution in [0.15, 0.2) is 29.2 Å². The van der Waals surface area contributed by atoms with Gasteiger partial charge in [0.05, 0.1) is 17.0 Å². The minimum Gasteiger partial charge on any atom is -0.391 e. The first-order valence-corrected chi connectivity index (χ1v) is 8.56. The van der Waals surface area contributed by atoms with Gasteiger partial charge >= 0.3 is 0 Å². The second-order valence-corrected chi connectivity index (χ2v) is 7.24. The molecule has 1 aliphatic carbocycles. The molecular formula is C14H19NO4S. The third-order valence-corrected chi connectivity index (χ3v) is 4.72. The summed E-state index contributed by atoms with van der Waals surface area (Å²) in [6.45, 7) is 0. The van der Waals surface area contributed by atoms with Crippen molar-refractivity contribution in [3.63, 3.8) is 0 Å². The van der Waals surface area contributed by atoms with Gasteiger partial charge in [-0.05, 0) is 37.1 Å². The van der Waals surface area contributed by atoms with Gasteiger partial charge in [-0.25, -0.2) is 8.42 Å². The lowest BCUT2D eigenvalue weighted by Crippen LogP contribution is -2.45. The van der Waals surface area contributed by atoms with Crippen LogP contribution in [0.25, 0.3) is 0 Å². The smallest absolute Gasteiger partial charge is 0.251 e. The fourth-order valence-electron chi connectivity index (χ4n) is 2.38. The number of aliphatic hydroxyl groups is 1. The maximum atomic E-state index is 12.0. The molecule has 2 rings (SSSR count). The zero-order valence-electron chi connectivity index (χ0n) is 11.4. The fourth-order valence-corrected chi connectivity index (χ4v) is 3.02. The number of hydrogen-bond donors (Lipinski definition) is 2. The van der Waals surface area contributed by atoms with Crippen molar-refractivity contribution in [3.05, 3.63) is 29.8 Å². The number of benzene rings is 1. The van der Waals surface area contributed by atoms with Crippen molar-refractivity contribution < 1.29 is 18.3 Å². The molecule has 1 amide bonds. The van der Waals surface area contributed by atoms with Crippen LogP contribution in [0.5, 0.6) is 0 Å². The first-order chi connectivity index (χ1) is 9.38. The molecule has 5 nitrogen and oxygen atoms in total. The topological polar surface area (TPSA) is 83.5 Å². The van der Waals surface area contributed by atoms with E-state index in [4.69, 9.17) is 0 Å². The Kier molecular flexibility index (Phi) is 4.45. The van der Waals surface area contributed by atoms with Gasteiger partial charge in [0, 0.05) is 11.8 Å². The summed E-state index contributed by atoms with van der Waals surface area (Å²) in [4.78, 5) is 12.2. The van der Waals surface area contributed by atoms with E-state index < -0.39 is 15.9 Å². The summed E-state index contributed by atoms with van der Waals surface area (Å²) in [5.74, 6) is -0.281. The molecule has 0 radical (unpaired) electrons. The van der Waals surface area contributed by atoms with E-state index in [0.717, 1.165) is 25.5 Å². The van der Waals surface area contributed by atoms with E-state index in [9.17, 15) is 18.3 Å². The molecule has 1 aromatic rings. The summed E-state index contributed by atoms with van der Waals surface area (Å²) in [5.41, 5.74) is 0.398. The zero-order chi connectivity index (χ0) is 14.8. The molecule has 0 heterocycles. The molecule has 0 spiro atoms. The molecular weight excluding hydrogens is 278 g/mol. The molecule has 0 saturated heterocycles. The van der Waals surface area contributed by atoms with Crippen molar-refractivity contribution in [2.24, 2.45) is 0 Å². The molecule has 20 heavy (non-hydrogen) atoms.